The van der Waals surface area contributed by atoms with Gasteiger partial charge in [-0.2, -0.15) is 0 Å². The molecule has 0 bridgehead atoms. The Balaban J connectivity index is 1.69. The van der Waals surface area contributed by atoms with Gasteiger partial charge >= 0.3 is 0 Å². The molecular weight excluding hydrogens is 342 g/mol. The summed E-state index contributed by atoms with van der Waals surface area (Å²) in [4.78, 5) is 17.6. The molecule has 2 aromatic carbocycles. The van der Waals surface area contributed by atoms with Gasteiger partial charge in [0.2, 0.25) is 0 Å². The Morgan fingerprint density at radius 1 is 0.963 bits per heavy atom. The summed E-state index contributed by atoms with van der Waals surface area (Å²) in [6, 6.07) is 13.3. The summed E-state index contributed by atoms with van der Waals surface area (Å²) in [6.45, 7) is 7.52. The van der Waals surface area contributed by atoms with Gasteiger partial charge < -0.3 is 24.6 Å². The van der Waals surface area contributed by atoms with Crippen molar-refractivity contribution < 1.29 is 14.3 Å². The Morgan fingerprint density at radius 2 is 1.56 bits per heavy atom. The van der Waals surface area contributed by atoms with Crippen molar-refractivity contribution in [2.75, 3.05) is 57.2 Å². The summed E-state index contributed by atoms with van der Waals surface area (Å²) < 4.78 is 10.6. The predicted molar refractivity (Wildman–Crippen MR) is 108 cm³/mol. The van der Waals surface area contributed by atoms with Gasteiger partial charge in [0.25, 0.3) is 5.91 Å². The molecule has 0 saturated carbocycles. The topological polar surface area (TPSA) is 54.0 Å². The monoisotopic (exact) mass is 369 g/mol. The summed E-state index contributed by atoms with van der Waals surface area (Å²) in [6.07, 6.45) is 0. The number of rotatable bonds is 6. The zero-order chi connectivity index (χ0) is 19.2. The van der Waals surface area contributed by atoms with Crippen LogP contribution in [0, 0.1) is 0 Å². The fraction of sp³-hybridized carbons (Fsp3) is 0.381. The lowest BCUT2D eigenvalue weighted by molar-refractivity contribution is 0.102. The van der Waals surface area contributed by atoms with E-state index in [1.165, 1.54) is 5.69 Å². The zero-order valence-electron chi connectivity index (χ0n) is 16.2. The third-order valence-corrected chi connectivity index (χ3v) is 4.96. The number of anilines is 2. The molecule has 1 saturated heterocycles. The van der Waals surface area contributed by atoms with Crippen LogP contribution in [0.3, 0.4) is 0 Å². The first-order chi connectivity index (χ1) is 13.2. The molecule has 27 heavy (non-hydrogen) atoms. The molecule has 1 heterocycles. The van der Waals surface area contributed by atoms with Crippen LogP contribution in [-0.2, 0) is 0 Å². The SMILES string of the molecule is CCN1CCN(c2ccc(NC(=O)c3c(OC)cccc3OC)cc2)CC1. The number of nitrogens with one attached hydrogen (secondary N) is 1. The summed E-state index contributed by atoms with van der Waals surface area (Å²) in [5.74, 6) is 0.711. The van der Waals surface area contributed by atoms with Crippen LogP contribution in [-0.4, -0.2) is 57.8 Å². The number of benzene rings is 2. The maximum Gasteiger partial charge on any atom is 0.263 e. The number of nitrogens with zero attached hydrogens (tertiary/aromatic N) is 2. The van der Waals surface area contributed by atoms with Crippen molar-refractivity contribution in [1.82, 2.24) is 4.90 Å². The van der Waals surface area contributed by atoms with Crippen LogP contribution in [0.5, 0.6) is 11.5 Å². The van der Waals surface area contributed by atoms with Crippen LogP contribution in [0.4, 0.5) is 11.4 Å². The largest absolute Gasteiger partial charge is 0.496 e. The second-order valence-corrected chi connectivity index (χ2v) is 6.46. The fourth-order valence-electron chi connectivity index (χ4n) is 3.35. The second-order valence-electron chi connectivity index (χ2n) is 6.46. The number of likely N-dealkylation sites (N-methyl/N-ethyl adjacent to an activating group) is 1. The Bertz CT molecular complexity index is 746. The van der Waals surface area contributed by atoms with Crippen LogP contribution in [0.25, 0.3) is 0 Å². The van der Waals surface area contributed by atoms with Crippen molar-refractivity contribution in [3.63, 3.8) is 0 Å². The van der Waals surface area contributed by atoms with Gasteiger partial charge in [0.15, 0.2) is 0 Å². The van der Waals surface area contributed by atoms with Crippen molar-refractivity contribution >= 4 is 17.3 Å². The van der Waals surface area contributed by atoms with Crippen molar-refractivity contribution in [1.29, 1.82) is 0 Å². The van der Waals surface area contributed by atoms with E-state index < -0.39 is 0 Å². The number of carbonyl (C=O) groups is 1. The minimum atomic E-state index is -0.256. The van der Waals surface area contributed by atoms with Gasteiger partial charge in [-0.3, -0.25) is 4.79 Å². The summed E-state index contributed by atoms with van der Waals surface area (Å²) in [5, 5.41) is 2.93. The maximum atomic E-state index is 12.7. The molecule has 0 atom stereocenters. The van der Waals surface area contributed by atoms with Crippen LogP contribution >= 0.6 is 0 Å². The van der Waals surface area contributed by atoms with Crippen molar-refractivity contribution in [3.8, 4) is 11.5 Å². The van der Waals surface area contributed by atoms with Gasteiger partial charge in [0, 0.05) is 37.6 Å². The Hall–Kier alpha value is -2.73. The average Bonchev–Trinajstić information content (AvgIpc) is 2.73. The molecular formula is C21H27N3O3. The van der Waals surface area contributed by atoms with Gasteiger partial charge in [-0.1, -0.05) is 13.0 Å². The Kier molecular flexibility index (Phi) is 6.19. The molecule has 1 aliphatic heterocycles. The Labute approximate surface area is 160 Å². The number of methoxy groups -OCH3 is 2. The number of ether oxygens (including phenoxy) is 2. The van der Waals surface area contributed by atoms with E-state index in [2.05, 4.69) is 34.2 Å². The third kappa shape index (κ3) is 4.34. The van der Waals surface area contributed by atoms with E-state index >= 15 is 0 Å². The average molecular weight is 369 g/mol. The van der Waals surface area contributed by atoms with Gasteiger partial charge in [0.05, 0.1) is 14.2 Å². The van der Waals surface area contributed by atoms with Gasteiger partial charge in [-0.15, -0.1) is 0 Å². The second kappa shape index (κ2) is 8.77. The van der Waals surface area contributed by atoms with Crippen molar-refractivity contribution in [2.24, 2.45) is 0 Å². The molecule has 1 N–H and O–H groups in total. The number of hydrogen-bond acceptors (Lipinski definition) is 5. The van der Waals surface area contributed by atoms with E-state index in [1.807, 2.05) is 12.1 Å². The lowest BCUT2D eigenvalue weighted by atomic mass is 10.1. The Morgan fingerprint density at radius 3 is 2.07 bits per heavy atom. The normalized spacial score (nSPS) is 14.7. The molecule has 0 radical (unpaired) electrons. The molecule has 0 spiro atoms. The molecule has 0 unspecified atom stereocenters. The molecule has 6 heteroatoms. The highest BCUT2D eigenvalue weighted by atomic mass is 16.5. The summed E-state index contributed by atoms with van der Waals surface area (Å²) in [5.41, 5.74) is 2.31. The van der Waals surface area contributed by atoms with Crippen LogP contribution in [0.2, 0.25) is 0 Å². The number of hydrogen-bond donors (Lipinski definition) is 1. The molecule has 6 nitrogen and oxygen atoms in total. The number of piperazine rings is 1. The summed E-state index contributed by atoms with van der Waals surface area (Å²) in [7, 11) is 3.08. The standard InChI is InChI=1S/C21H27N3O3/c1-4-23-12-14-24(15-13-23)17-10-8-16(9-11-17)22-21(25)20-18(26-2)6-5-7-19(20)27-3/h5-11H,4,12-15H2,1-3H3,(H,22,25). The van der Waals surface area contributed by atoms with Gasteiger partial charge in [0.1, 0.15) is 17.1 Å². The highest BCUT2D eigenvalue weighted by Crippen LogP contribution is 2.29. The van der Waals surface area contributed by atoms with E-state index in [0.717, 1.165) is 38.4 Å². The molecule has 1 amide bonds. The zero-order valence-corrected chi connectivity index (χ0v) is 16.2. The summed E-state index contributed by atoms with van der Waals surface area (Å²) >= 11 is 0. The van der Waals surface area contributed by atoms with E-state index in [1.54, 1.807) is 32.4 Å². The van der Waals surface area contributed by atoms with Crippen molar-refractivity contribution in [2.45, 2.75) is 6.92 Å². The quantitative estimate of drug-likeness (QED) is 0.848. The van der Waals surface area contributed by atoms with Gasteiger partial charge in [-0.05, 0) is 42.9 Å². The lowest BCUT2D eigenvalue weighted by Gasteiger charge is -2.35. The van der Waals surface area contributed by atoms with E-state index in [-0.39, 0.29) is 5.91 Å². The van der Waals surface area contributed by atoms with E-state index in [9.17, 15) is 4.79 Å². The molecule has 1 aliphatic rings. The molecule has 3 rings (SSSR count). The molecule has 144 valence electrons. The first-order valence-electron chi connectivity index (χ1n) is 9.26. The first-order valence-corrected chi connectivity index (χ1v) is 9.26. The van der Waals surface area contributed by atoms with E-state index in [4.69, 9.17) is 9.47 Å². The molecule has 0 aliphatic carbocycles. The minimum absolute atomic E-state index is 0.256. The molecule has 0 aromatic heterocycles. The lowest BCUT2D eigenvalue weighted by Crippen LogP contribution is -2.46. The highest BCUT2D eigenvalue weighted by Gasteiger charge is 2.19. The van der Waals surface area contributed by atoms with Gasteiger partial charge in [-0.25, -0.2) is 0 Å². The molecule has 2 aromatic rings. The van der Waals surface area contributed by atoms with Crippen LogP contribution in [0.15, 0.2) is 42.5 Å². The van der Waals surface area contributed by atoms with Crippen LogP contribution < -0.4 is 19.7 Å². The third-order valence-electron chi connectivity index (χ3n) is 4.96. The van der Waals surface area contributed by atoms with Crippen LogP contribution in [0.1, 0.15) is 17.3 Å². The van der Waals surface area contributed by atoms with E-state index in [0.29, 0.717) is 17.1 Å². The first kappa shape index (κ1) is 19.0. The molecule has 1 fully saturated rings. The smallest absolute Gasteiger partial charge is 0.263 e. The maximum absolute atomic E-state index is 12.7. The fourth-order valence-corrected chi connectivity index (χ4v) is 3.35. The number of amides is 1. The number of carbonyl (C=O) groups excluding carboxylic acids is 1. The predicted octanol–water partition coefficient (Wildman–Crippen LogP) is 3.10. The van der Waals surface area contributed by atoms with Crippen molar-refractivity contribution in [3.05, 3.63) is 48.0 Å². The minimum Gasteiger partial charge on any atom is -0.496 e. The highest BCUT2D eigenvalue weighted by molar-refractivity contribution is 6.08.